The van der Waals surface area contributed by atoms with Gasteiger partial charge in [-0.05, 0) is 39.0 Å². The van der Waals surface area contributed by atoms with Crippen LogP contribution < -0.4 is 5.32 Å². The molecule has 2 fully saturated rings. The fraction of sp³-hybridized carbons (Fsp3) is 0.923. The van der Waals surface area contributed by atoms with E-state index in [-0.39, 0.29) is 5.54 Å². The van der Waals surface area contributed by atoms with E-state index in [1.165, 1.54) is 25.7 Å². The molecule has 1 saturated heterocycles. The Labute approximate surface area is 98.6 Å². The molecule has 1 amide bonds. The zero-order valence-corrected chi connectivity index (χ0v) is 10.8. The Balaban J connectivity index is 2.03. The predicted molar refractivity (Wildman–Crippen MR) is 65.0 cm³/mol. The van der Waals surface area contributed by atoms with Gasteiger partial charge >= 0.3 is 0 Å². The molecule has 2 aliphatic rings. The van der Waals surface area contributed by atoms with Crippen molar-refractivity contribution in [3.63, 3.8) is 0 Å². The lowest BCUT2D eigenvalue weighted by Crippen LogP contribution is -2.45. The van der Waals surface area contributed by atoms with Crippen molar-refractivity contribution in [2.45, 2.75) is 64.5 Å². The molecule has 0 bridgehead atoms. The van der Waals surface area contributed by atoms with E-state index in [9.17, 15) is 4.79 Å². The minimum atomic E-state index is -0.313. The molecule has 1 aliphatic carbocycles. The molecule has 16 heavy (non-hydrogen) atoms. The van der Waals surface area contributed by atoms with Crippen LogP contribution in [0.15, 0.2) is 0 Å². The summed E-state index contributed by atoms with van der Waals surface area (Å²) in [5.74, 6) is 1.03. The average Bonchev–Trinajstić information content (AvgIpc) is 2.89. The number of carbonyl (C=O) groups excluding carboxylic acids is 1. The van der Waals surface area contributed by atoms with Gasteiger partial charge in [0.05, 0.1) is 12.2 Å². The molecular formula is C13H24N2O. The third kappa shape index (κ3) is 1.86. The second-order valence-corrected chi connectivity index (χ2v) is 5.58. The molecule has 0 aromatic rings. The molecule has 92 valence electrons. The molecule has 1 aliphatic heterocycles. The second-order valence-electron chi connectivity index (χ2n) is 5.58. The van der Waals surface area contributed by atoms with E-state index < -0.39 is 0 Å². The molecule has 3 nitrogen and oxygen atoms in total. The van der Waals surface area contributed by atoms with E-state index >= 15 is 0 Å². The van der Waals surface area contributed by atoms with E-state index in [0.29, 0.717) is 11.9 Å². The van der Waals surface area contributed by atoms with Gasteiger partial charge in [-0.25, -0.2) is 0 Å². The van der Waals surface area contributed by atoms with E-state index in [2.05, 4.69) is 24.1 Å². The van der Waals surface area contributed by atoms with Gasteiger partial charge in [-0.1, -0.05) is 19.8 Å². The lowest BCUT2D eigenvalue weighted by Gasteiger charge is -2.30. The van der Waals surface area contributed by atoms with Crippen LogP contribution >= 0.6 is 0 Å². The van der Waals surface area contributed by atoms with Crippen molar-refractivity contribution >= 4 is 5.91 Å². The van der Waals surface area contributed by atoms with Crippen LogP contribution in [0.1, 0.15) is 52.9 Å². The Morgan fingerprint density at radius 1 is 1.50 bits per heavy atom. The van der Waals surface area contributed by atoms with Crippen molar-refractivity contribution in [1.82, 2.24) is 10.2 Å². The van der Waals surface area contributed by atoms with E-state index in [4.69, 9.17) is 0 Å². The van der Waals surface area contributed by atoms with E-state index in [0.717, 1.165) is 19.0 Å². The van der Waals surface area contributed by atoms with Gasteiger partial charge in [-0.2, -0.15) is 0 Å². The number of carbonyl (C=O) groups is 1. The fourth-order valence-corrected chi connectivity index (χ4v) is 3.02. The molecule has 2 unspecified atom stereocenters. The molecule has 1 saturated carbocycles. The Morgan fingerprint density at radius 3 is 2.62 bits per heavy atom. The van der Waals surface area contributed by atoms with Crippen LogP contribution in [-0.4, -0.2) is 29.1 Å². The van der Waals surface area contributed by atoms with Crippen molar-refractivity contribution in [2.24, 2.45) is 5.92 Å². The van der Waals surface area contributed by atoms with Crippen LogP contribution in [-0.2, 0) is 4.79 Å². The zero-order valence-electron chi connectivity index (χ0n) is 10.8. The summed E-state index contributed by atoms with van der Waals surface area (Å²) in [7, 11) is 0. The minimum Gasteiger partial charge on any atom is -0.325 e. The molecule has 2 atom stereocenters. The number of hydrogen-bond donors (Lipinski definition) is 1. The molecular weight excluding hydrogens is 200 g/mol. The first-order valence-electron chi connectivity index (χ1n) is 6.64. The highest BCUT2D eigenvalue weighted by Gasteiger charge is 2.44. The molecule has 3 heteroatoms. The van der Waals surface area contributed by atoms with Crippen LogP contribution in [0, 0.1) is 5.92 Å². The molecule has 0 spiro atoms. The molecule has 2 rings (SSSR count). The number of rotatable bonds is 3. The summed E-state index contributed by atoms with van der Waals surface area (Å²) in [6.45, 7) is 7.06. The smallest absolute Gasteiger partial charge is 0.243 e. The SMILES string of the molecule is CCC1(C)NCN(C(C)C2CCCC2)C1=O. The van der Waals surface area contributed by atoms with Gasteiger partial charge in [0.25, 0.3) is 0 Å². The summed E-state index contributed by atoms with van der Waals surface area (Å²) in [6, 6.07) is 0.413. The van der Waals surface area contributed by atoms with Crippen molar-refractivity contribution < 1.29 is 4.79 Å². The minimum absolute atomic E-state index is 0.300. The predicted octanol–water partition coefficient (Wildman–Crippen LogP) is 2.12. The maximum absolute atomic E-state index is 12.3. The maximum atomic E-state index is 12.3. The van der Waals surface area contributed by atoms with Gasteiger partial charge in [0, 0.05) is 6.04 Å². The first-order valence-corrected chi connectivity index (χ1v) is 6.64. The monoisotopic (exact) mass is 224 g/mol. The van der Waals surface area contributed by atoms with E-state index in [1.54, 1.807) is 0 Å². The van der Waals surface area contributed by atoms with Gasteiger partial charge in [-0.3, -0.25) is 10.1 Å². The Bertz CT molecular complexity index is 273. The standard InChI is InChI=1S/C13H24N2O/c1-4-13(3)12(16)15(9-14-13)10(2)11-7-5-6-8-11/h10-11,14H,4-9H2,1-3H3. The summed E-state index contributed by atoms with van der Waals surface area (Å²) in [4.78, 5) is 14.4. The van der Waals surface area contributed by atoms with Gasteiger partial charge in [0.15, 0.2) is 0 Å². The van der Waals surface area contributed by atoms with Crippen LogP contribution in [0.2, 0.25) is 0 Å². The zero-order chi connectivity index (χ0) is 11.8. The summed E-state index contributed by atoms with van der Waals surface area (Å²) in [5.41, 5.74) is -0.313. The third-order valence-corrected chi connectivity index (χ3v) is 4.65. The largest absolute Gasteiger partial charge is 0.325 e. The highest BCUT2D eigenvalue weighted by atomic mass is 16.2. The van der Waals surface area contributed by atoms with Gasteiger partial charge < -0.3 is 4.90 Å². The number of hydrogen-bond acceptors (Lipinski definition) is 2. The van der Waals surface area contributed by atoms with Gasteiger partial charge in [0.1, 0.15) is 0 Å². The highest BCUT2D eigenvalue weighted by molar-refractivity contribution is 5.88. The van der Waals surface area contributed by atoms with Crippen molar-refractivity contribution in [3.05, 3.63) is 0 Å². The second kappa shape index (κ2) is 4.36. The summed E-state index contributed by atoms with van der Waals surface area (Å²) in [5, 5.41) is 3.36. The molecule has 0 aromatic carbocycles. The normalized spacial score (nSPS) is 33.7. The van der Waals surface area contributed by atoms with Crippen LogP contribution in [0.4, 0.5) is 0 Å². The lowest BCUT2D eigenvalue weighted by atomic mass is 9.95. The summed E-state index contributed by atoms with van der Waals surface area (Å²) in [6.07, 6.45) is 6.16. The topological polar surface area (TPSA) is 32.3 Å². The Kier molecular flexibility index (Phi) is 3.24. The van der Waals surface area contributed by atoms with Crippen LogP contribution in [0.5, 0.6) is 0 Å². The number of amides is 1. The fourth-order valence-electron chi connectivity index (χ4n) is 3.02. The van der Waals surface area contributed by atoms with E-state index in [1.807, 2.05) is 6.92 Å². The Morgan fingerprint density at radius 2 is 2.12 bits per heavy atom. The molecule has 1 N–H and O–H groups in total. The molecule has 0 radical (unpaired) electrons. The maximum Gasteiger partial charge on any atom is 0.243 e. The number of nitrogens with one attached hydrogen (secondary N) is 1. The van der Waals surface area contributed by atoms with Gasteiger partial charge in [0.2, 0.25) is 5.91 Å². The van der Waals surface area contributed by atoms with Gasteiger partial charge in [-0.15, -0.1) is 0 Å². The third-order valence-electron chi connectivity index (χ3n) is 4.65. The average molecular weight is 224 g/mol. The molecule has 0 aromatic heterocycles. The summed E-state index contributed by atoms with van der Waals surface area (Å²) >= 11 is 0. The van der Waals surface area contributed by atoms with Crippen molar-refractivity contribution in [2.75, 3.05) is 6.67 Å². The van der Waals surface area contributed by atoms with Crippen molar-refractivity contribution in [3.8, 4) is 0 Å². The Hall–Kier alpha value is -0.570. The van der Waals surface area contributed by atoms with Crippen LogP contribution in [0.3, 0.4) is 0 Å². The first kappa shape index (κ1) is 11.9. The van der Waals surface area contributed by atoms with Crippen LogP contribution in [0.25, 0.3) is 0 Å². The molecule has 1 heterocycles. The quantitative estimate of drug-likeness (QED) is 0.796. The summed E-state index contributed by atoms with van der Waals surface area (Å²) < 4.78 is 0. The highest BCUT2D eigenvalue weighted by Crippen LogP contribution is 2.32. The lowest BCUT2D eigenvalue weighted by molar-refractivity contribution is -0.134. The van der Waals surface area contributed by atoms with Crippen molar-refractivity contribution in [1.29, 1.82) is 0 Å². The first-order chi connectivity index (χ1) is 7.58. The number of nitrogens with zero attached hydrogens (tertiary/aromatic N) is 1.